The van der Waals surface area contributed by atoms with Gasteiger partial charge in [0.05, 0.1) is 18.4 Å². The van der Waals surface area contributed by atoms with E-state index >= 15 is 0 Å². The Bertz CT molecular complexity index is 277. The highest BCUT2D eigenvalue weighted by Gasteiger charge is 2.40. The summed E-state index contributed by atoms with van der Waals surface area (Å²) in [4.78, 5) is 23.1. The number of hydrogen-bond donors (Lipinski definition) is 2. The third-order valence-electron chi connectivity index (χ3n) is 3.30. The van der Waals surface area contributed by atoms with Crippen LogP contribution in [0.2, 0.25) is 0 Å². The molecule has 2 N–H and O–H groups in total. The van der Waals surface area contributed by atoms with E-state index in [2.05, 4.69) is 6.92 Å². The second-order valence-electron chi connectivity index (χ2n) is 4.86. The largest absolute Gasteiger partial charge is 0.481 e. The van der Waals surface area contributed by atoms with E-state index in [9.17, 15) is 9.59 Å². The molecular formula is C14H26O5. The molecule has 5 nitrogen and oxygen atoms in total. The Kier molecular flexibility index (Phi) is 9.21. The van der Waals surface area contributed by atoms with Crippen LogP contribution >= 0.6 is 0 Å². The van der Waals surface area contributed by atoms with Crippen molar-refractivity contribution in [3.8, 4) is 0 Å². The van der Waals surface area contributed by atoms with Crippen LogP contribution in [-0.2, 0) is 14.3 Å². The average molecular weight is 274 g/mol. The van der Waals surface area contributed by atoms with Crippen molar-refractivity contribution in [1.29, 1.82) is 0 Å². The fourth-order valence-corrected chi connectivity index (χ4v) is 2.26. The minimum absolute atomic E-state index is 0.143. The predicted molar refractivity (Wildman–Crippen MR) is 71.8 cm³/mol. The first kappa shape index (κ1) is 17.9. The summed E-state index contributed by atoms with van der Waals surface area (Å²) in [6.45, 7) is 3.80. The van der Waals surface area contributed by atoms with Gasteiger partial charge in [0.15, 0.2) is 0 Å². The highest BCUT2D eigenvalue weighted by atomic mass is 16.5. The van der Waals surface area contributed by atoms with Gasteiger partial charge in [0.2, 0.25) is 0 Å². The Morgan fingerprint density at radius 1 is 1.11 bits per heavy atom. The fraction of sp³-hybridized carbons (Fsp3) is 0.857. The fourth-order valence-electron chi connectivity index (χ4n) is 2.26. The van der Waals surface area contributed by atoms with Crippen LogP contribution in [0, 0.1) is 5.41 Å². The quantitative estimate of drug-likeness (QED) is 0.446. The first-order valence-electron chi connectivity index (χ1n) is 7.02. The van der Waals surface area contributed by atoms with Crippen molar-refractivity contribution in [2.45, 2.75) is 58.8 Å². The zero-order valence-corrected chi connectivity index (χ0v) is 12.0. The van der Waals surface area contributed by atoms with E-state index in [1.54, 1.807) is 6.92 Å². The molecule has 0 aliphatic heterocycles. The zero-order valence-electron chi connectivity index (χ0n) is 12.0. The molecule has 1 unspecified atom stereocenters. The normalized spacial score (nSPS) is 13.8. The molecule has 0 rings (SSSR count). The average Bonchev–Trinajstić information content (AvgIpc) is 2.34. The number of carboxylic acids is 1. The Morgan fingerprint density at radius 3 is 2.26 bits per heavy atom. The summed E-state index contributed by atoms with van der Waals surface area (Å²) in [7, 11) is 0. The van der Waals surface area contributed by atoms with Crippen LogP contribution in [0.15, 0.2) is 0 Å². The van der Waals surface area contributed by atoms with Crippen molar-refractivity contribution in [3.63, 3.8) is 0 Å². The van der Waals surface area contributed by atoms with Crippen LogP contribution in [0.1, 0.15) is 58.8 Å². The second-order valence-corrected chi connectivity index (χ2v) is 4.86. The number of aliphatic carboxylic acids is 1. The number of hydrogen-bond acceptors (Lipinski definition) is 4. The lowest BCUT2D eigenvalue weighted by Gasteiger charge is -2.29. The summed E-state index contributed by atoms with van der Waals surface area (Å²) in [5, 5.41) is 18.1. The number of aliphatic hydroxyl groups is 1. The number of esters is 1. The maximum atomic E-state index is 12.1. The maximum Gasteiger partial charge on any atom is 0.312 e. The number of ether oxygens (including phenoxy) is 1. The van der Waals surface area contributed by atoms with Crippen LogP contribution in [0.3, 0.4) is 0 Å². The van der Waals surface area contributed by atoms with E-state index in [4.69, 9.17) is 14.9 Å². The van der Waals surface area contributed by atoms with Gasteiger partial charge in [0.1, 0.15) is 0 Å². The molecule has 0 saturated heterocycles. The minimum Gasteiger partial charge on any atom is -0.481 e. The van der Waals surface area contributed by atoms with Crippen LogP contribution < -0.4 is 0 Å². The van der Waals surface area contributed by atoms with Crippen molar-refractivity contribution in [3.05, 3.63) is 0 Å². The highest BCUT2D eigenvalue weighted by molar-refractivity contribution is 5.82. The third-order valence-corrected chi connectivity index (χ3v) is 3.30. The van der Waals surface area contributed by atoms with Crippen LogP contribution in [0.4, 0.5) is 0 Å². The summed E-state index contributed by atoms with van der Waals surface area (Å²) in [5.41, 5.74) is -1.08. The first-order valence-corrected chi connectivity index (χ1v) is 7.02. The number of rotatable bonds is 11. The second kappa shape index (κ2) is 9.78. The Morgan fingerprint density at radius 2 is 1.79 bits per heavy atom. The van der Waals surface area contributed by atoms with E-state index < -0.39 is 17.4 Å². The Balaban J connectivity index is 4.80. The van der Waals surface area contributed by atoms with Gasteiger partial charge in [-0.3, -0.25) is 9.59 Å². The summed E-state index contributed by atoms with van der Waals surface area (Å²) < 4.78 is 5.00. The molecule has 112 valence electrons. The van der Waals surface area contributed by atoms with Crippen molar-refractivity contribution in [2.75, 3.05) is 13.2 Å². The van der Waals surface area contributed by atoms with Crippen molar-refractivity contribution < 1.29 is 24.5 Å². The summed E-state index contributed by atoms with van der Waals surface area (Å²) in [5.74, 6) is -1.53. The van der Waals surface area contributed by atoms with Gasteiger partial charge in [-0.15, -0.1) is 0 Å². The Hall–Kier alpha value is -1.10. The van der Waals surface area contributed by atoms with Crippen molar-refractivity contribution in [2.24, 2.45) is 5.41 Å². The van der Waals surface area contributed by atoms with Crippen molar-refractivity contribution in [1.82, 2.24) is 0 Å². The molecule has 19 heavy (non-hydrogen) atoms. The van der Waals surface area contributed by atoms with E-state index in [-0.39, 0.29) is 26.1 Å². The number of carboxylic acid groups (broad SMARTS) is 1. The molecule has 0 aromatic carbocycles. The summed E-state index contributed by atoms with van der Waals surface area (Å²) in [6.07, 6.45) is 4.19. The zero-order chi connectivity index (χ0) is 14.7. The molecule has 1 atom stereocenters. The van der Waals surface area contributed by atoms with Gasteiger partial charge < -0.3 is 14.9 Å². The standard InChI is InChI=1S/C14H26O5/c1-3-5-6-7-8-14(9-10-15,11-12(16)17)13(18)19-4-2/h15H,3-11H2,1-2H3,(H,16,17). The SMILES string of the molecule is CCCCCCC(CCO)(CC(=O)O)C(=O)OCC. The van der Waals surface area contributed by atoms with E-state index in [1.165, 1.54) is 0 Å². The minimum atomic E-state index is -1.08. The molecule has 0 aliphatic carbocycles. The molecule has 0 radical (unpaired) electrons. The van der Waals surface area contributed by atoms with Crippen molar-refractivity contribution >= 4 is 11.9 Å². The monoisotopic (exact) mass is 274 g/mol. The number of unbranched alkanes of at least 4 members (excludes halogenated alkanes) is 3. The van der Waals surface area contributed by atoms with Crippen LogP contribution in [-0.4, -0.2) is 35.4 Å². The summed E-state index contributed by atoms with van der Waals surface area (Å²) in [6, 6.07) is 0. The van der Waals surface area contributed by atoms with Gasteiger partial charge in [-0.1, -0.05) is 32.6 Å². The molecule has 0 fully saturated rings. The van der Waals surface area contributed by atoms with Gasteiger partial charge in [-0.2, -0.15) is 0 Å². The van der Waals surface area contributed by atoms with Gasteiger partial charge >= 0.3 is 11.9 Å². The predicted octanol–water partition coefficient (Wildman–Crippen LogP) is 2.36. The number of carbonyl (C=O) groups is 2. The first-order chi connectivity index (χ1) is 9.02. The van der Waals surface area contributed by atoms with Gasteiger partial charge in [-0.25, -0.2) is 0 Å². The molecule has 0 aromatic heterocycles. The molecule has 0 amide bonds. The van der Waals surface area contributed by atoms with Gasteiger partial charge in [-0.05, 0) is 19.8 Å². The third kappa shape index (κ3) is 6.57. The molecule has 0 heterocycles. The topological polar surface area (TPSA) is 83.8 Å². The summed E-state index contributed by atoms with van der Waals surface area (Å²) >= 11 is 0. The van der Waals surface area contributed by atoms with E-state index in [0.29, 0.717) is 6.42 Å². The molecule has 0 spiro atoms. The molecule has 0 aliphatic rings. The van der Waals surface area contributed by atoms with E-state index in [1.807, 2.05) is 0 Å². The van der Waals surface area contributed by atoms with Gasteiger partial charge in [0, 0.05) is 6.61 Å². The molecule has 5 heteroatoms. The lowest BCUT2D eigenvalue weighted by Crippen LogP contribution is -2.36. The molecule has 0 aromatic rings. The Labute approximate surface area is 115 Å². The highest BCUT2D eigenvalue weighted by Crippen LogP contribution is 2.35. The molecule has 0 bridgehead atoms. The molecular weight excluding hydrogens is 248 g/mol. The smallest absolute Gasteiger partial charge is 0.312 e. The van der Waals surface area contributed by atoms with Crippen LogP contribution in [0.25, 0.3) is 0 Å². The lowest BCUT2D eigenvalue weighted by molar-refractivity contribution is -0.162. The lowest BCUT2D eigenvalue weighted by atomic mass is 9.76. The number of carbonyl (C=O) groups excluding carboxylic acids is 1. The van der Waals surface area contributed by atoms with Gasteiger partial charge in [0.25, 0.3) is 0 Å². The molecule has 0 saturated carbocycles. The maximum absolute atomic E-state index is 12.1. The number of aliphatic hydroxyl groups excluding tert-OH is 1. The van der Waals surface area contributed by atoms with E-state index in [0.717, 1.165) is 25.7 Å². The van der Waals surface area contributed by atoms with Crippen LogP contribution in [0.5, 0.6) is 0 Å².